The SMILES string of the molecule is CC(NCc1sccc1Br)c1cc2c(s1)CCCC2. The molecule has 1 nitrogen and oxygen atoms in total. The maximum Gasteiger partial charge on any atom is 0.0389 e. The van der Waals surface area contributed by atoms with Crippen molar-refractivity contribution in [2.75, 3.05) is 0 Å². The van der Waals surface area contributed by atoms with E-state index >= 15 is 0 Å². The van der Waals surface area contributed by atoms with Crippen molar-refractivity contribution in [3.05, 3.63) is 42.2 Å². The van der Waals surface area contributed by atoms with E-state index in [9.17, 15) is 0 Å². The zero-order valence-electron chi connectivity index (χ0n) is 11.0. The van der Waals surface area contributed by atoms with E-state index in [1.807, 2.05) is 22.7 Å². The molecule has 1 aliphatic rings. The topological polar surface area (TPSA) is 12.0 Å². The zero-order valence-corrected chi connectivity index (χ0v) is 14.3. The van der Waals surface area contributed by atoms with Gasteiger partial charge in [-0.05, 0) is 71.6 Å². The second-order valence-corrected chi connectivity index (χ2v) is 8.12. The highest BCUT2D eigenvalue weighted by Crippen LogP contribution is 2.33. The van der Waals surface area contributed by atoms with Gasteiger partial charge in [0.2, 0.25) is 0 Å². The summed E-state index contributed by atoms with van der Waals surface area (Å²) in [6, 6.07) is 5.00. The largest absolute Gasteiger partial charge is 0.305 e. The lowest BCUT2D eigenvalue weighted by Gasteiger charge is -2.11. The summed E-state index contributed by atoms with van der Waals surface area (Å²) in [7, 11) is 0. The molecule has 102 valence electrons. The van der Waals surface area contributed by atoms with E-state index in [1.54, 1.807) is 10.4 Å². The fourth-order valence-electron chi connectivity index (χ4n) is 2.52. The highest BCUT2D eigenvalue weighted by atomic mass is 79.9. The van der Waals surface area contributed by atoms with Gasteiger partial charge in [-0.3, -0.25) is 0 Å². The van der Waals surface area contributed by atoms with Crippen molar-refractivity contribution in [2.45, 2.75) is 45.2 Å². The number of aryl methyl sites for hydroxylation is 2. The fourth-order valence-corrected chi connectivity index (χ4v) is 5.25. The lowest BCUT2D eigenvalue weighted by molar-refractivity contribution is 0.586. The molecule has 0 amide bonds. The van der Waals surface area contributed by atoms with Crippen LogP contribution in [0.4, 0.5) is 0 Å². The molecule has 0 radical (unpaired) electrons. The van der Waals surface area contributed by atoms with Gasteiger partial charge in [-0.25, -0.2) is 0 Å². The minimum absolute atomic E-state index is 0.449. The Kier molecular flexibility index (Phi) is 4.42. The van der Waals surface area contributed by atoms with Crippen LogP contribution < -0.4 is 5.32 Å². The van der Waals surface area contributed by atoms with Crippen molar-refractivity contribution in [3.8, 4) is 0 Å². The van der Waals surface area contributed by atoms with E-state index in [1.165, 1.54) is 39.9 Å². The number of hydrogen-bond donors (Lipinski definition) is 1. The molecule has 19 heavy (non-hydrogen) atoms. The van der Waals surface area contributed by atoms with Crippen LogP contribution in [0.25, 0.3) is 0 Å². The van der Waals surface area contributed by atoms with Gasteiger partial charge in [-0.2, -0.15) is 0 Å². The molecular formula is C15H18BrNS2. The van der Waals surface area contributed by atoms with Crippen LogP contribution in [0.3, 0.4) is 0 Å². The van der Waals surface area contributed by atoms with Crippen LogP contribution in [0, 0.1) is 0 Å². The molecule has 2 aromatic heterocycles. The molecule has 3 rings (SSSR count). The Labute approximate surface area is 131 Å². The molecule has 0 fully saturated rings. The molecule has 0 saturated carbocycles. The summed E-state index contributed by atoms with van der Waals surface area (Å²) in [6.07, 6.45) is 5.32. The summed E-state index contributed by atoms with van der Waals surface area (Å²) >= 11 is 7.41. The quantitative estimate of drug-likeness (QED) is 0.784. The van der Waals surface area contributed by atoms with Crippen molar-refractivity contribution in [1.29, 1.82) is 0 Å². The predicted octanol–water partition coefficient (Wildman–Crippen LogP) is 5.30. The third-order valence-corrected chi connectivity index (χ3v) is 7.05. The van der Waals surface area contributed by atoms with Gasteiger partial charge in [0.05, 0.1) is 0 Å². The molecule has 1 unspecified atom stereocenters. The van der Waals surface area contributed by atoms with Crippen LogP contribution in [-0.4, -0.2) is 0 Å². The van der Waals surface area contributed by atoms with Gasteiger partial charge in [-0.1, -0.05) is 0 Å². The first kappa shape index (κ1) is 13.8. The van der Waals surface area contributed by atoms with Crippen LogP contribution in [-0.2, 0) is 19.4 Å². The van der Waals surface area contributed by atoms with Gasteiger partial charge in [0.25, 0.3) is 0 Å². The average Bonchev–Trinajstić information content (AvgIpc) is 3.01. The average molecular weight is 356 g/mol. The van der Waals surface area contributed by atoms with Crippen LogP contribution in [0.1, 0.15) is 46.0 Å². The summed E-state index contributed by atoms with van der Waals surface area (Å²) < 4.78 is 1.22. The Bertz CT molecular complexity index is 535. The first-order chi connectivity index (χ1) is 9.24. The summed E-state index contributed by atoms with van der Waals surface area (Å²) in [4.78, 5) is 4.51. The monoisotopic (exact) mass is 355 g/mol. The maximum absolute atomic E-state index is 3.64. The molecule has 2 aromatic rings. The molecular weight excluding hydrogens is 338 g/mol. The predicted molar refractivity (Wildman–Crippen MR) is 88.2 cm³/mol. The smallest absolute Gasteiger partial charge is 0.0389 e. The lowest BCUT2D eigenvalue weighted by Crippen LogP contribution is -2.16. The van der Waals surface area contributed by atoms with E-state index in [0.717, 1.165) is 6.54 Å². The molecule has 0 saturated heterocycles. The van der Waals surface area contributed by atoms with Crippen LogP contribution in [0.2, 0.25) is 0 Å². The van der Waals surface area contributed by atoms with Gasteiger partial charge in [-0.15, -0.1) is 22.7 Å². The van der Waals surface area contributed by atoms with Gasteiger partial charge >= 0.3 is 0 Å². The third kappa shape index (κ3) is 3.13. The fraction of sp³-hybridized carbons (Fsp3) is 0.467. The second-order valence-electron chi connectivity index (χ2n) is 5.10. The standard InChI is InChI=1S/C15H18BrNS2/c1-10(17-9-15-12(16)6-7-18-15)14-8-11-4-2-3-5-13(11)19-14/h6-8,10,17H,2-5,9H2,1H3. The van der Waals surface area contributed by atoms with Crippen LogP contribution in [0.5, 0.6) is 0 Å². The van der Waals surface area contributed by atoms with Crippen molar-refractivity contribution in [2.24, 2.45) is 0 Å². The Balaban J connectivity index is 1.65. The van der Waals surface area contributed by atoms with E-state index in [4.69, 9.17) is 0 Å². The molecule has 1 aliphatic carbocycles. The van der Waals surface area contributed by atoms with Crippen molar-refractivity contribution >= 4 is 38.6 Å². The Morgan fingerprint density at radius 3 is 2.95 bits per heavy atom. The number of fused-ring (bicyclic) bond motifs is 1. The van der Waals surface area contributed by atoms with E-state index < -0.39 is 0 Å². The molecule has 0 spiro atoms. The molecule has 1 atom stereocenters. The number of hydrogen-bond acceptors (Lipinski definition) is 3. The Hall–Kier alpha value is -0.160. The molecule has 4 heteroatoms. The lowest BCUT2D eigenvalue weighted by atomic mass is 9.99. The number of thiophene rings is 2. The summed E-state index contributed by atoms with van der Waals surface area (Å²) in [5, 5.41) is 5.78. The Morgan fingerprint density at radius 2 is 2.21 bits per heavy atom. The number of nitrogens with one attached hydrogen (secondary N) is 1. The van der Waals surface area contributed by atoms with Crippen molar-refractivity contribution in [1.82, 2.24) is 5.32 Å². The molecule has 0 aliphatic heterocycles. The van der Waals surface area contributed by atoms with E-state index in [2.05, 4.69) is 45.7 Å². The minimum Gasteiger partial charge on any atom is -0.305 e. The maximum atomic E-state index is 3.64. The second kappa shape index (κ2) is 6.08. The van der Waals surface area contributed by atoms with Crippen molar-refractivity contribution < 1.29 is 0 Å². The first-order valence-corrected chi connectivity index (χ1v) is 9.29. The zero-order chi connectivity index (χ0) is 13.2. The summed E-state index contributed by atoms with van der Waals surface area (Å²) in [5.41, 5.74) is 1.61. The van der Waals surface area contributed by atoms with Crippen LogP contribution in [0.15, 0.2) is 22.0 Å². The van der Waals surface area contributed by atoms with Gasteiger partial charge < -0.3 is 5.32 Å². The normalized spacial score (nSPS) is 16.3. The molecule has 1 N–H and O–H groups in total. The first-order valence-electron chi connectivity index (χ1n) is 6.81. The van der Waals surface area contributed by atoms with Crippen molar-refractivity contribution in [3.63, 3.8) is 0 Å². The Morgan fingerprint density at radius 1 is 1.37 bits per heavy atom. The molecule has 2 heterocycles. The summed E-state index contributed by atoms with van der Waals surface area (Å²) in [6.45, 7) is 3.22. The van der Waals surface area contributed by atoms with Gasteiger partial charge in [0.15, 0.2) is 0 Å². The van der Waals surface area contributed by atoms with E-state index in [0.29, 0.717) is 6.04 Å². The van der Waals surface area contributed by atoms with E-state index in [-0.39, 0.29) is 0 Å². The van der Waals surface area contributed by atoms with Crippen LogP contribution >= 0.6 is 38.6 Å². The molecule has 0 aromatic carbocycles. The van der Waals surface area contributed by atoms with Gasteiger partial charge in [0, 0.05) is 31.7 Å². The third-order valence-electron chi connectivity index (χ3n) is 3.70. The number of rotatable bonds is 4. The number of halogens is 1. The van der Waals surface area contributed by atoms with Gasteiger partial charge in [0.1, 0.15) is 0 Å². The highest BCUT2D eigenvalue weighted by molar-refractivity contribution is 9.10. The highest BCUT2D eigenvalue weighted by Gasteiger charge is 2.16. The molecule has 0 bridgehead atoms. The minimum atomic E-state index is 0.449. The summed E-state index contributed by atoms with van der Waals surface area (Å²) in [5.74, 6) is 0.